The molecule has 2 aromatic rings. The summed E-state index contributed by atoms with van der Waals surface area (Å²) in [7, 11) is 1.58. The Labute approximate surface area is 175 Å². The van der Waals surface area contributed by atoms with E-state index in [4.69, 9.17) is 14.2 Å². The molecule has 156 valence electrons. The number of ether oxygens (including phenoxy) is 3. The lowest BCUT2D eigenvalue weighted by molar-refractivity contribution is -0.118. The molecule has 0 aromatic heterocycles. The maximum atomic E-state index is 12.4. The van der Waals surface area contributed by atoms with Gasteiger partial charge >= 0.3 is 5.97 Å². The Morgan fingerprint density at radius 3 is 2.66 bits per heavy atom. The van der Waals surface area contributed by atoms with Crippen LogP contribution in [0.2, 0.25) is 0 Å². The summed E-state index contributed by atoms with van der Waals surface area (Å²) in [4.78, 5) is 25.0. The van der Waals surface area contributed by atoms with Gasteiger partial charge in [0.2, 0.25) is 5.91 Å². The molecule has 1 amide bonds. The monoisotopic (exact) mass is 417 g/mol. The minimum absolute atomic E-state index is 0.113. The summed E-state index contributed by atoms with van der Waals surface area (Å²) < 4.78 is 15.9. The molecule has 0 fully saturated rings. The second-order valence-electron chi connectivity index (χ2n) is 6.11. The van der Waals surface area contributed by atoms with Crippen molar-refractivity contribution in [3.63, 3.8) is 0 Å². The molecule has 0 aliphatic carbocycles. The number of nitrogens with one attached hydrogen (secondary N) is 1. The predicted molar refractivity (Wildman–Crippen MR) is 114 cm³/mol. The second-order valence-corrected chi connectivity index (χ2v) is 7.13. The van der Waals surface area contributed by atoms with Gasteiger partial charge in [0.25, 0.3) is 0 Å². The number of amides is 1. The average molecular weight is 418 g/mol. The molecule has 0 aliphatic heterocycles. The molecule has 0 aliphatic rings. The fourth-order valence-corrected chi connectivity index (χ4v) is 3.35. The zero-order valence-corrected chi connectivity index (χ0v) is 17.6. The third-order valence-electron chi connectivity index (χ3n) is 3.99. The van der Waals surface area contributed by atoms with Crippen LogP contribution in [0.5, 0.6) is 5.75 Å². The molecule has 0 unspecified atom stereocenters. The molecule has 0 heterocycles. The number of benzene rings is 2. The summed E-state index contributed by atoms with van der Waals surface area (Å²) in [5, 5.41) is 2.75. The highest BCUT2D eigenvalue weighted by atomic mass is 32.2. The summed E-state index contributed by atoms with van der Waals surface area (Å²) in [5.74, 6) is 0.429. The summed E-state index contributed by atoms with van der Waals surface area (Å²) in [6.07, 6.45) is 0.936. The first-order valence-electron chi connectivity index (χ1n) is 9.50. The van der Waals surface area contributed by atoms with Crippen LogP contribution in [0.1, 0.15) is 22.8 Å². The van der Waals surface area contributed by atoms with E-state index >= 15 is 0 Å². The molecule has 29 heavy (non-hydrogen) atoms. The first-order valence-corrected chi connectivity index (χ1v) is 10.5. The summed E-state index contributed by atoms with van der Waals surface area (Å²) in [6.45, 7) is 3.42. The van der Waals surface area contributed by atoms with Gasteiger partial charge in [-0.25, -0.2) is 4.79 Å². The first-order chi connectivity index (χ1) is 14.1. The average Bonchev–Trinajstić information content (AvgIpc) is 2.75. The van der Waals surface area contributed by atoms with Crippen LogP contribution in [-0.2, 0) is 20.7 Å². The van der Waals surface area contributed by atoms with Crippen LogP contribution < -0.4 is 10.1 Å². The van der Waals surface area contributed by atoms with Crippen LogP contribution in [0.15, 0.2) is 53.4 Å². The highest BCUT2D eigenvalue weighted by Crippen LogP contribution is 2.23. The highest BCUT2D eigenvalue weighted by molar-refractivity contribution is 8.00. The number of rotatable bonds is 12. The number of carbonyl (C=O) groups is 2. The van der Waals surface area contributed by atoms with Gasteiger partial charge in [0, 0.05) is 18.6 Å². The Kier molecular flexibility index (Phi) is 10.1. The van der Waals surface area contributed by atoms with Crippen LogP contribution in [0.25, 0.3) is 0 Å². The fraction of sp³-hybridized carbons (Fsp3) is 0.364. The normalized spacial score (nSPS) is 10.4. The lowest BCUT2D eigenvalue weighted by atomic mass is 10.2. The largest absolute Gasteiger partial charge is 0.490 e. The van der Waals surface area contributed by atoms with Gasteiger partial charge in [0.15, 0.2) is 0 Å². The molecular weight excluding hydrogens is 390 g/mol. The summed E-state index contributed by atoms with van der Waals surface area (Å²) >= 11 is 1.30. The van der Waals surface area contributed by atoms with Crippen LogP contribution in [0.4, 0.5) is 0 Å². The first kappa shape index (κ1) is 22.8. The maximum Gasteiger partial charge on any atom is 0.339 e. The van der Waals surface area contributed by atoms with Gasteiger partial charge < -0.3 is 19.5 Å². The molecule has 2 rings (SSSR count). The summed E-state index contributed by atoms with van der Waals surface area (Å²) in [6, 6.07) is 14.9. The summed E-state index contributed by atoms with van der Waals surface area (Å²) in [5.41, 5.74) is 1.63. The van der Waals surface area contributed by atoms with E-state index in [0.29, 0.717) is 23.6 Å². The Morgan fingerprint density at radius 2 is 1.86 bits per heavy atom. The smallest absolute Gasteiger partial charge is 0.339 e. The van der Waals surface area contributed by atoms with E-state index < -0.39 is 5.97 Å². The second kappa shape index (κ2) is 12.9. The van der Waals surface area contributed by atoms with E-state index in [1.54, 1.807) is 25.3 Å². The number of hydrogen-bond donors (Lipinski definition) is 1. The van der Waals surface area contributed by atoms with Crippen molar-refractivity contribution in [2.24, 2.45) is 0 Å². The van der Waals surface area contributed by atoms with Crippen molar-refractivity contribution in [2.45, 2.75) is 18.2 Å². The van der Waals surface area contributed by atoms with E-state index in [9.17, 15) is 9.59 Å². The Balaban J connectivity index is 1.80. The van der Waals surface area contributed by atoms with Crippen LogP contribution >= 0.6 is 11.8 Å². The minimum atomic E-state index is -0.432. The van der Waals surface area contributed by atoms with E-state index in [1.165, 1.54) is 17.3 Å². The highest BCUT2D eigenvalue weighted by Gasteiger charge is 2.14. The van der Waals surface area contributed by atoms with Crippen LogP contribution in [-0.4, -0.2) is 51.1 Å². The molecule has 0 radical (unpaired) electrons. The third kappa shape index (κ3) is 8.17. The SMILES string of the molecule is CCc1cccc(OCCOC(=O)c2ccccc2SCC(=O)NCCOC)c1. The Bertz CT molecular complexity index is 796. The standard InChI is InChI=1S/C22H27NO5S/c1-3-17-7-6-8-18(15-17)27-13-14-28-22(25)19-9-4-5-10-20(19)29-16-21(24)23-11-12-26-2/h4-10,15H,3,11-14,16H2,1-2H3,(H,23,24). The molecular formula is C22H27NO5S. The lowest BCUT2D eigenvalue weighted by Crippen LogP contribution is -2.28. The minimum Gasteiger partial charge on any atom is -0.490 e. The molecule has 2 aromatic carbocycles. The number of hydrogen-bond acceptors (Lipinski definition) is 6. The zero-order chi connectivity index (χ0) is 20.9. The Morgan fingerprint density at radius 1 is 1.03 bits per heavy atom. The van der Waals surface area contributed by atoms with Gasteiger partial charge in [-0.3, -0.25) is 4.79 Å². The third-order valence-corrected chi connectivity index (χ3v) is 5.06. The van der Waals surface area contributed by atoms with Gasteiger partial charge in [0.1, 0.15) is 19.0 Å². The molecule has 7 heteroatoms. The molecule has 6 nitrogen and oxygen atoms in total. The van der Waals surface area contributed by atoms with Crippen molar-refractivity contribution in [2.75, 3.05) is 39.2 Å². The van der Waals surface area contributed by atoms with Crippen molar-refractivity contribution < 1.29 is 23.8 Å². The van der Waals surface area contributed by atoms with Gasteiger partial charge in [0.05, 0.1) is 17.9 Å². The van der Waals surface area contributed by atoms with Crippen molar-refractivity contribution in [3.8, 4) is 5.75 Å². The molecule has 0 saturated heterocycles. The molecule has 1 N–H and O–H groups in total. The van der Waals surface area contributed by atoms with Gasteiger partial charge in [-0.15, -0.1) is 11.8 Å². The van der Waals surface area contributed by atoms with Crippen LogP contribution in [0.3, 0.4) is 0 Å². The van der Waals surface area contributed by atoms with Crippen molar-refractivity contribution in [1.29, 1.82) is 0 Å². The fourth-order valence-electron chi connectivity index (χ4n) is 2.47. The number of methoxy groups -OCH3 is 1. The zero-order valence-electron chi connectivity index (χ0n) is 16.8. The predicted octanol–water partition coefficient (Wildman–Crippen LogP) is 3.34. The quantitative estimate of drug-likeness (QED) is 0.324. The van der Waals surface area contributed by atoms with Crippen molar-refractivity contribution in [3.05, 3.63) is 59.7 Å². The van der Waals surface area contributed by atoms with E-state index in [2.05, 4.69) is 12.2 Å². The molecule has 0 atom stereocenters. The number of aryl methyl sites for hydroxylation is 1. The van der Waals surface area contributed by atoms with E-state index in [0.717, 1.165) is 12.2 Å². The molecule has 0 bridgehead atoms. The number of carbonyl (C=O) groups excluding carboxylic acids is 2. The van der Waals surface area contributed by atoms with Crippen LogP contribution in [0, 0.1) is 0 Å². The van der Waals surface area contributed by atoms with E-state index in [-0.39, 0.29) is 24.9 Å². The van der Waals surface area contributed by atoms with Gasteiger partial charge in [-0.1, -0.05) is 31.2 Å². The number of esters is 1. The van der Waals surface area contributed by atoms with E-state index in [1.807, 2.05) is 30.3 Å². The molecule has 0 spiro atoms. The lowest BCUT2D eigenvalue weighted by Gasteiger charge is -2.11. The van der Waals surface area contributed by atoms with Gasteiger partial charge in [-0.2, -0.15) is 0 Å². The van der Waals surface area contributed by atoms with Crippen molar-refractivity contribution >= 4 is 23.6 Å². The Hall–Kier alpha value is -2.51. The number of thioether (sulfide) groups is 1. The van der Waals surface area contributed by atoms with Gasteiger partial charge in [-0.05, 0) is 36.2 Å². The van der Waals surface area contributed by atoms with Crippen molar-refractivity contribution in [1.82, 2.24) is 5.32 Å². The molecule has 0 saturated carbocycles. The maximum absolute atomic E-state index is 12.4. The topological polar surface area (TPSA) is 73.9 Å².